The predicted molar refractivity (Wildman–Crippen MR) is 79.0 cm³/mol. The van der Waals surface area contributed by atoms with Crippen molar-refractivity contribution in [1.29, 1.82) is 0 Å². The van der Waals surface area contributed by atoms with E-state index in [9.17, 15) is 13.2 Å². The first-order valence-corrected chi connectivity index (χ1v) is 8.49. The zero-order valence-electron chi connectivity index (χ0n) is 11.0. The van der Waals surface area contributed by atoms with Crippen LogP contribution >= 0.6 is 11.6 Å². The number of benzene rings is 2. The van der Waals surface area contributed by atoms with Gasteiger partial charge in [0.2, 0.25) is 0 Å². The molecule has 0 N–H and O–H groups in total. The van der Waals surface area contributed by atoms with Crippen molar-refractivity contribution >= 4 is 31.2 Å². The Balaban J connectivity index is 1.73. The minimum absolute atomic E-state index is 0.117. The van der Waals surface area contributed by atoms with Crippen molar-refractivity contribution in [2.24, 2.45) is 5.16 Å². The fraction of sp³-hybridized carbons (Fsp3) is 0.133. The van der Waals surface area contributed by atoms with Gasteiger partial charge in [-0.25, -0.2) is 0 Å². The summed E-state index contributed by atoms with van der Waals surface area (Å²) in [6.07, 6.45) is -4.33. The van der Waals surface area contributed by atoms with E-state index in [4.69, 9.17) is 16.4 Å². The Morgan fingerprint density at radius 1 is 1.00 bits per heavy atom. The molecule has 0 aromatic heterocycles. The number of rotatable bonds is 2. The van der Waals surface area contributed by atoms with Crippen LogP contribution in [0.25, 0.3) is 0 Å². The molecule has 1 atom stereocenters. The molecule has 0 spiro atoms. The van der Waals surface area contributed by atoms with Crippen LogP contribution < -0.4 is 0 Å². The van der Waals surface area contributed by atoms with Crippen molar-refractivity contribution < 1.29 is 18.0 Å². The molecular weight excluding hydrogens is 382 g/mol. The van der Waals surface area contributed by atoms with E-state index in [1.807, 2.05) is 12.1 Å². The molecule has 0 fully saturated rings. The van der Waals surface area contributed by atoms with Crippen molar-refractivity contribution in [3.8, 4) is 0 Å². The van der Waals surface area contributed by atoms with Gasteiger partial charge in [-0.2, -0.15) is 0 Å². The first kappa shape index (κ1) is 15.4. The third kappa shape index (κ3) is 3.29. The zero-order valence-corrected chi connectivity index (χ0v) is 13.4. The van der Waals surface area contributed by atoms with E-state index in [1.54, 1.807) is 12.1 Å². The van der Waals surface area contributed by atoms with Gasteiger partial charge in [0.25, 0.3) is 0 Å². The molecule has 1 unspecified atom stereocenters. The Morgan fingerprint density at radius 2 is 1.64 bits per heavy atom. The minimum atomic E-state index is -4.33. The first-order valence-electron chi connectivity index (χ1n) is 6.27. The molecular formula is C15H9ClF3NOSe. The van der Waals surface area contributed by atoms with Crippen LogP contribution in [0.3, 0.4) is 0 Å². The van der Waals surface area contributed by atoms with Crippen molar-refractivity contribution in [3.63, 3.8) is 0 Å². The Kier molecular flexibility index (Phi) is 4.17. The molecule has 7 heteroatoms. The SMILES string of the molecule is FC(F)(F)c1ccc(C2ON=C(c3ccc(Cl)cc3)[Se]2)cc1. The molecule has 0 bridgehead atoms. The second-order valence-corrected chi connectivity index (χ2v) is 7.22. The number of nitrogens with zero attached hydrogens (tertiary/aromatic N) is 1. The van der Waals surface area contributed by atoms with E-state index in [1.165, 1.54) is 12.1 Å². The van der Waals surface area contributed by atoms with E-state index in [2.05, 4.69) is 5.16 Å². The summed E-state index contributed by atoms with van der Waals surface area (Å²) in [4.78, 5) is 5.36. The van der Waals surface area contributed by atoms with Crippen molar-refractivity contribution in [2.45, 2.75) is 11.2 Å². The van der Waals surface area contributed by atoms with E-state index < -0.39 is 11.7 Å². The summed E-state index contributed by atoms with van der Waals surface area (Å²) >= 11 is 5.72. The Morgan fingerprint density at radius 3 is 2.23 bits per heavy atom. The molecule has 2 aromatic rings. The molecule has 0 radical (unpaired) electrons. The second-order valence-electron chi connectivity index (χ2n) is 4.58. The number of hydrogen-bond donors (Lipinski definition) is 0. The van der Waals surface area contributed by atoms with Crippen LogP contribution in [-0.2, 0) is 11.0 Å². The Hall–Kier alpha value is -1.49. The summed E-state index contributed by atoms with van der Waals surface area (Å²) in [5.41, 5.74) is 0.945. The summed E-state index contributed by atoms with van der Waals surface area (Å²) in [7, 11) is 0. The van der Waals surface area contributed by atoms with Crippen LogP contribution in [0.1, 0.15) is 21.7 Å². The average Bonchev–Trinajstić information content (AvgIpc) is 2.97. The van der Waals surface area contributed by atoms with Crippen LogP contribution in [0.15, 0.2) is 53.7 Å². The van der Waals surface area contributed by atoms with Gasteiger partial charge in [0.1, 0.15) is 0 Å². The maximum absolute atomic E-state index is 12.6. The van der Waals surface area contributed by atoms with Crippen LogP contribution in [0.4, 0.5) is 13.2 Å². The molecule has 1 aliphatic rings. The third-order valence-electron chi connectivity index (χ3n) is 3.05. The van der Waals surface area contributed by atoms with Crippen molar-refractivity contribution in [1.82, 2.24) is 0 Å². The number of oxime groups is 1. The Bertz CT molecular complexity index is 698. The van der Waals surface area contributed by atoms with Crippen LogP contribution in [0, 0.1) is 0 Å². The number of hydrogen-bond acceptors (Lipinski definition) is 2. The molecule has 2 aromatic carbocycles. The third-order valence-corrected chi connectivity index (χ3v) is 5.62. The summed E-state index contributed by atoms with van der Waals surface area (Å²) in [6.45, 7) is 0. The maximum atomic E-state index is 12.6. The van der Waals surface area contributed by atoms with Crippen molar-refractivity contribution in [2.75, 3.05) is 0 Å². The normalized spacial score (nSPS) is 18.0. The number of halogens is 4. The molecule has 0 amide bonds. The molecule has 1 aliphatic heterocycles. The van der Waals surface area contributed by atoms with Gasteiger partial charge in [-0.1, -0.05) is 0 Å². The summed E-state index contributed by atoms with van der Waals surface area (Å²) < 4.78 is 38.5. The van der Waals surface area contributed by atoms with Gasteiger partial charge >= 0.3 is 136 Å². The van der Waals surface area contributed by atoms with Crippen LogP contribution in [0.2, 0.25) is 5.02 Å². The molecule has 1 heterocycles. The molecule has 3 rings (SSSR count). The van der Waals surface area contributed by atoms with Crippen LogP contribution in [-0.4, -0.2) is 19.6 Å². The predicted octanol–water partition coefficient (Wildman–Crippen LogP) is 4.45. The first-order chi connectivity index (χ1) is 10.4. The van der Waals surface area contributed by atoms with Gasteiger partial charge in [-0.05, 0) is 0 Å². The molecule has 0 aliphatic carbocycles. The standard InChI is InChI=1S/C15H9ClF3NOSe/c16-12-7-3-9(4-8-12)13-20-21-14(22-13)10-1-5-11(6-2-10)15(17,18)19/h1-8,14H. The Labute approximate surface area is 136 Å². The molecule has 114 valence electrons. The van der Waals surface area contributed by atoms with Gasteiger partial charge in [-0.15, -0.1) is 0 Å². The van der Waals surface area contributed by atoms with Gasteiger partial charge in [-0.3, -0.25) is 0 Å². The van der Waals surface area contributed by atoms with Gasteiger partial charge in [0.05, 0.1) is 0 Å². The van der Waals surface area contributed by atoms with Crippen molar-refractivity contribution in [3.05, 3.63) is 70.2 Å². The summed E-state index contributed by atoms with van der Waals surface area (Å²) in [5, 5.41) is 4.37. The average molecular weight is 391 g/mol. The summed E-state index contributed by atoms with van der Waals surface area (Å²) in [5.74, 6) is 0. The zero-order chi connectivity index (χ0) is 15.7. The molecule has 2 nitrogen and oxygen atoms in total. The molecule has 0 saturated heterocycles. The molecule has 22 heavy (non-hydrogen) atoms. The monoisotopic (exact) mass is 391 g/mol. The van der Waals surface area contributed by atoms with Crippen LogP contribution in [0.5, 0.6) is 0 Å². The fourth-order valence-corrected chi connectivity index (χ4v) is 4.01. The topological polar surface area (TPSA) is 21.6 Å². The van der Waals surface area contributed by atoms with Gasteiger partial charge in [0, 0.05) is 0 Å². The quantitative estimate of drug-likeness (QED) is 0.694. The molecule has 0 saturated carbocycles. The van der Waals surface area contributed by atoms with Gasteiger partial charge < -0.3 is 0 Å². The van der Waals surface area contributed by atoms with Gasteiger partial charge in [0.15, 0.2) is 0 Å². The summed E-state index contributed by atoms with van der Waals surface area (Å²) in [6, 6.07) is 12.2. The van der Waals surface area contributed by atoms with E-state index in [0.717, 1.165) is 22.3 Å². The van der Waals surface area contributed by atoms with E-state index in [0.29, 0.717) is 10.6 Å². The number of alkyl halides is 3. The van der Waals surface area contributed by atoms with E-state index in [-0.39, 0.29) is 20.0 Å². The van der Waals surface area contributed by atoms with E-state index >= 15 is 0 Å². The second kappa shape index (κ2) is 5.95. The fourth-order valence-electron chi connectivity index (χ4n) is 1.91.